The standard InChI is InChI=1S/C18H21N6O3PS/c1-4-22(5-2)28(29)16-13(3)21-23(12-6-11-19)17(16)20-18(27-28)14-7-9-15(10-8-14)24(25)26/h7-10H,4-6,12H2,1-3H3/t28-/m1/s1. The zero-order valence-electron chi connectivity index (χ0n) is 16.4. The van der Waals surface area contributed by atoms with Crippen LogP contribution in [0.1, 0.15) is 31.5 Å². The van der Waals surface area contributed by atoms with Crippen molar-refractivity contribution in [2.45, 2.75) is 33.7 Å². The molecule has 152 valence electrons. The average molecular weight is 432 g/mol. The van der Waals surface area contributed by atoms with Gasteiger partial charge in [0.2, 0.25) is 12.3 Å². The summed E-state index contributed by atoms with van der Waals surface area (Å²) in [4.78, 5) is 15.2. The highest BCUT2D eigenvalue weighted by Gasteiger charge is 2.40. The van der Waals surface area contributed by atoms with Crippen molar-refractivity contribution in [3.63, 3.8) is 0 Å². The van der Waals surface area contributed by atoms with Gasteiger partial charge >= 0.3 is 0 Å². The van der Waals surface area contributed by atoms with Crippen LogP contribution < -0.4 is 5.30 Å². The van der Waals surface area contributed by atoms with Crippen molar-refractivity contribution in [1.29, 1.82) is 5.26 Å². The van der Waals surface area contributed by atoms with E-state index in [-0.39, 0.29) is 5.69 Å². The van der Waals surface area contributed by atoms with Gasteiger partial charge in [-0.05, 0) is 30.9 Å². The molecule has 1 atom stereocenters. The van der Waals surface area contributed by atoms with Crippen LogP contribution in [0, 0.1) is 28.4 Å². The number of nitro groups is 1. The van der Waals surface area contributed by atoms with Gasteiger partial charge in [-0.1, -0.05) is 13.8 Å². The van der Waals surface area contributed by atoms with E-state index in [1.807, 2.05) is 20.8 Å². The number of hydrogen-bond acceptors (Lipinski definition) is 7. The van der Waals surface area contributed by atoms with Crippen LogP contribution in [0.5, 0.6) is 0 Å². The van der Waals surface area contributed by atoms with Crippen molar-refractivity contribution in [3.05, 3.63) is 45.6 Å². The first-order chi connectivity index (χ1) is 13.8. The molecule has 2 aromatic rings. The Morgan fingerprint density at radius 3 is 2.55 bits per heavy atom. The third kappa shape index (κ3) is 3.81. The molecule has 29 heavy (non-hydrogen) atoms. The summed E-state index contributed by atoms with van der Waals surface area (Å²) >= 11 is 6.09. The zero-order valence-corrected chi connectivity index (χ0v) is 18.1. The van der Waals surface area contributed by atoms with E-state index in [9.17, 15) is 10.1 Å². The molecule has 0 saturated carbocycles. The molecule has 1 aliphatic rings. The number of non-ortho nitro benzene ring substituents is 1. The van der Waals surface area contributed by atoms with Crippen molar-refractivity contribution in [2.75, 3.05) is 13.1 Å². The highest BCUT2D eigenvalue weighted by atomic mass is 32.4. The number of nitro benzene ring substituents is 1. The van der Waals surface area contributed by atoms with Gasteiger partial charge in [0, 0.05) is 30.8 Å². The Hall–Kier alpha value is -2.60. The molecular formula is C18H21N6O3PS. The summed E-state index contributed by atoms with van der Waals surface area (Å²) in [5.74, 6) is 0.924. The predicted octanol–water partition coefficient (Wildman–Crippen LogP) is 3.40. The summed E-state index contributed by atoms with van der Waals surface area (Å²) < 4.78 is 10.1. The molecule has 0 aliphatic carbocycles. The minimum Gasteiger partial charge on any atom is -0.431 e. The number of rotatable bonds is 7. The van der Waals surface area contributed by atoms with Crippen LogP contribution in [-0.4, -0.2) is 38.4 Å². The second-order valence-electron chi connectivity index (χ2n) is 6.36. The lowest BCUT2D eigenvalue weighted by molar-refractivity contribution is -0.384. The highest BCUT2D eigenvalue weighted by molar-refractivity contribution is 8.15. The Morgan fingerprint density at radius 2 is 2.00 bits per heavy atom. The van der Waals surface area contributed by atoms with Crippen molar-refractivity contribution in [1.82, 2.24) is 14.5 Å². The lowest BCUT2D eigenvalue weighted by atomic mass is 10.2. The van der Waals surface area contributed by atoms with Gasteiger partial charge in [-0.3, -0.25) is 10.1 Å². The molecule has 0 saturated heterocycles. The summed E-state index contributed by atoms with van der Waals surface area (Å²) in [6.07, 6.45) is -2.38. The molecular weight excluding hydrogens is 411 g/mol. The van der Waals surface area contributed by atoms with Crippen molar-refractivity contribution in [3.8, 4) is 6.07 Å². The van der Waals surface area contributed by atoms with Gasteiger partial charge in [0.25, 0.3) is 5.69 Å². The number of aryl methyl sites for hydroxylation is 2. The fraction of sp³-hybridized carbons (Fsp3) is 0.389. The maximum Gasteiger partial charge on any atom is 0.269 e. The summed E-state index contributed by atoms with van der Waals surface area (Å²) in [5.41, 5.74) is 1.34. The van der Waals surface area contributed by atoms with Gasteiger partial charge < -0.3 is 4.52 Å². The topological polar surface area (TPSA) is 110 Å². The zero-order chi connectivity index (χ0) is 21.2. The van der Waals surface area contributed by atoms with E-state index in [4.69, 9.17) is 21.6 Å². The van der Waals surface area contributed by atoms with E-state index in [0.717, 1.165) is 11.0 Å². The minimum absolute atomic E-state index is 0.0102. The monoisotopic (exact) mass is 432 g/mol. The quantitative estimate of drug-likeness (QED) is 0.375. The van der Waals surface area contributed by atoms with Crippen LogP contribution in [0.4, 0.5) is 11.5 Å². The molecule has 3 rings (SSSR count). The summed E-state index contributed by atoms with van der Waals surface area (Å²) in [5, 5.41) is 25.3. The molecule has 1 aromatic heterocycles. The van der Waals surface area contributed by atoms with Crippen LogP contribution in [0.25, 0.3) is 0 Å². The summed E-state index contributed by atoms with van der Waals surface area (Å²) in [7, 11) is 0. The number of fused-ring (bicyclic) bond motifs is 1. The molecule has 0 bridgehead atoms. The number of aliphatic imine (C=N–C) groups is 1. The van der Waals surface area contributed by atoms with E-state index in [1.165, 1.54) is 12.1 Å². The molecule has 0 fully saturated rings. The maximum atomic E-state index is 11.0. The first-order valence-electron chi connectivity index (χ1n) is 9.19. The minimum atomic E-state index is -2.68. The molecule has 1 aromatic carbocycles. The molecule has 2 heterocycles. The molecule has 11 heteroatoms. The lowest BCUT2D eigenvalue weighted by Crippen LogP contribution is -2.32. The van der Waals surface area contributed by atoms with Crippen LogP contribution >= 0.6 is 6.42 Å². The maximum absolute atomic E-state index is 11.0. The van der Waals surface area contributed by atoms with Crippen molar-refractivity contribution < 1.29 is 9.45 Å². The number of nitriles is 1. The second kappa shape index (κ2) is 8.41. The van der Waals surface area contributed by atoms with Crippen LogP contribution in [0.3, 0.4) is 0 Å². The molecule has 9 nitrogen and oxygen atoms in total. The average Bonchev–Trinajstić information content (AvgIpc) is 3.03. The molecule has 0 N–H and O–H groups in total. The van der Waals surface area contributed by atoms with E-state index in [2.05, 4.69) is 20.8 Å². The lowest BCUT2D eigenvalue weighted by Gasteiger charge is -2.35. The first-order valence-corrected chi connectivity index (χ1v) is 11.9. The Labute approximate surface area is 173 Å². The molecule has 0 amide bonds. The molecule has 0 spiro atoms. The van der Waals surface area contributed by atoms with Crippen molar-refractivity contribution >= 4 is 40.9 Å². The van der Waals surface area contributed by atoms with E-state index in [1.54, 1.807) is 16.8 Å². The van der Waals surface area contributed by atoms with Gasteiger partial charge in [0.05, 0.1) is 29.7 Å². The normalized spacial score (nSPS) is 18.0. The number of benzene rings is 1. The van der Waals surface area contributed by atoms with Crippen molar-refractivity contribution in [2.24, 2.45) is 4.99 Å². The Balaban J connectivity index is 2.18. The van der Waals surface area contributed by atoms with Crippen LogP contribution in [0.15, 0.2) is 29.3 Å². The third-order valence-corrected chi connectivity index (χ3v) is 8.92. The predicted molar refractivity (Wildman–Crippen MR) is 114 cm³/mol. The van der Waals surface area contributed by atoms with Gasteiger partial charge in [0.15, 0.2) is 5.82 Å². The molecule has 1 aliphatic heterocycles. The van der Waals surface area contributed by atoms with E-state index in [0.29, 0.717) is 43.3 Å². The SMILES string of the molecule is CCN(CC)[P@@]1(=S)OC(c2ccc([N+](=O)[O-])cc2)=Nc2c1c(C)nn2CCC#N. The fourth-order valence-corrected chi connectivity index (χ4v) is 7.26. The fourth-order valence-electron chi connectivity index (χ4n) is 3.23. The van der Waals surface area contributed by atoms with E-state index < -0.39 is 11.3 Å². The molecule has 0 radical (unpaired) electrons. The number of aromatic nitrogens is 2. The Bertz CT molecular complexity index is 1050. The highest BCUT2D eigenvalue weighted by Crippen LogP contribution is 2.55. The number of hydrogen-bond donors (Lipinski definition) is 0. The Kier molecular flexibility index (Phi) is 6.13. The smallest absolute Gasteiger partial charge is 0.269 e. The second-order valence-corrected chi connectivity index (χ2v) is 10.1. The van der Waals surface area contributed by atoms with Gasteiger partial charge in [-0.2, -0.15) is 15.4 Å². The third-order valence-electron chi connectivity index (χ3n) is 4.63. The molecule has 0 unspecified atom stereocenters. The van der Waals surface area contributed by atoms with Gasteiger partial charge in [0.1, 0.15) is 5.30 Å². The van der Waals surface area contributed by atoms with Crippen LogP contribution in [-0.2, 0) is 22.9 Å². The van der Waals surface area contributed by atoms with E-state index >= 15 is 0 Å². The Morgan fingerprint density at radius 1 is 1.34 bits per heavy atom. The van der Waals surface area contributed by atoms with Gasteiger partial charge in [-0.25, -0.2) is 9.35 Å². The first kappa shape index (κ1) is 21.1. The number of nitrogens with zero attached hydrogens (tertiary/aromatic N) is 6. The summed E-state index contributed by atoms with van der Waals surface area (Å²) in [6, 6.07) is 8.16. The van der Waals surface area contributed by atoms with Crippen LogP contribution in [0.2, 0.25) is 0 Å². The van der Waals surface area contributed by atoms with Gasteiger partial charge in [-0.15, -0.1) is 0 Å². The largest absolute Gasteiger partial charge is 0.431 e. The summed E-state index contributed by atoms with van der Waals surface area (Å²) in [6.45, 7) is 7.72.